The van der Waals surface area contributed by atoms with E-state index >= 15 is 0 Å². The number of hydrogen-bond donors (Lipinski definition) is 0. The Morgan fingerprint density at radius 1 is 1.19 bits per heavy atom. The zero-order valence-corrected chi connectivity index (χ0v) is 11.6. The van der Waals surface area contributed by atoms with Crippen LogP contribution in [0.2, 0.25) is 0 Å². The SMILES string of the molecule is COc1cc(C)c(-c2nnc(Br)s2)cc1C. The Hall–Kier alpha value is -0.940. The van der Waals surface area contributed by atoms with Gasteiger partial charge in [-0.1, -0.05) is 11.3 Å². The Labute approximate surface area is 107 Å². The smallest absolute Gasteiger partial charge is 0.183 e. The normalized spacial score (nSPS) is 10.5. The molecule has 0 spiro atoms. The Balaban J connectivity index is 2.54. The standard InChI is InChI=1S/C11H11BrN2OS/c1-6-5-9(15-3)7(2)4-8(6)10-13-14-11(12)16-10/h4-5H,1-3H3. The lowest BCUT2D eigenvalue weighted by Crippen LogP contribution is -1.91. The molecule has 3 nitrogen and oxygen atoms in total. The highest BCUT2D eigenvalue weighted by Gasteiger charge is 2.10. The van der Waals surface area contributed by atoms with Crippen LogP contribution in [-0.2, 0) is 0 Å². The van der Waals surface area contributed by atoms with Crippen LogP contribution in [0.25, 0.3) is 10.6 Å². The van der Waals surface area contributed by atoms with Gasteiger partial charge in [0.05, 0.1) is 7.11 Å². The topological polar surface area (TPSA) is 35.0 Å². The van der Waals surface area contributed by atoms with Crippen molar-refractivity contribution >= 4 is 27.3 Å². The maximum absolute atomic E-state index is 5.28. The third-order valence-corrected chi connectivity index (χ3v) is 3.76. The molecule has 0 unspecified atom stereocenters. The molecule has 16 heavy (non-hydrogen) atoms. The molecule has 1 heterocycles. The number of rotatable bonds is 2. The van der Waals surface area contributed by atoms with Crippen LogP contribution >= 0.6 is 27.3 Å². The highest BCUT2D eigenvalue weighted by molar-refractivity contribution is 9.11. The Morgan fingerprint density at radius 3 is 2.50 bits per heavy atom. The highest BCUT2D eigenvalue weighted by Crippen LogP contribution is 2.32. The molecule has 0 aliphatic heterocycles. The third kappa shape index (κ3) is 2.10. The largest absolute Gasteiger partial charge is 0.496 e. The zero-order chi connectivity index (χ0) is 11.7. The first-order valence-corrected chi connectivity index (χ1v) is 6.37. The monoisotopic (exact) mass is 298 g/mol. The number of nitrogens with zero attached hydrogens (tertiary/aromatic N) is 2. The van der Waals surface area contributed by atoms with E-state index in [1.54, 1.807) is 7.11 Å². The van der Waals surface area contributed by atoms with Gasteiger partial charge in [-0.15, -0.1) is 10.2 Å². The van der Waals surface area contributed by atoms with Crippen molar-refractivity contribution in [2.75, 3.05) is 7.11 Å². The van der Waals surface area contributed by atoms with Gasteiger partial charge >= 0.3 is 0 Å². The maximum atomic E-state index is 5.28. The molecule has 1 aromatic heterocycles. The molecule has 1 aromatic carbocycles. The second kappa shape index (κ2) is 4.51. The molecule has 0 fully saturated rings. The van der Waals surface area contributed by atoms with Gasteiger partial charge in [-0.25, -0.2) is 0 Å². The fourth-order valence-corrected chi connectivity index (χ4v) is 2.75. The number of hydrogen-bond acceptors (Lipinski definition) is 4. The van der Waals surface area contributed by atoms with E-state index in [1.165, 1.54) is 11.3 Å². The number of benzene rings is 1. The molecule has 0 amide bonds. The van der Waals surface area contributed by atoms with Gasteiger partial charge in [-0.05, 0) is 53.0 Å². The van der Waals surface area contributed by atoms with Crippen molar-refractivity contribution in [3.8, 4) is 16.3 Å². The van der Waals surface area contributed by atoms with E-state index in [0.29, 0.717) is 0 Å². The molecule has 84 valence electrons. The first-order valence-electron chi connectivity index (χ1n) is 4.76. The lowest BCUT2D eigenvalue weighted by molar-refractivity contribution is 0.411. The van der Waals surface area contributed by atoms with Crippen molar-refractivity contribution in [3.63, 3.8) is 0 Å². The lowest BCUT2D eigenvalue weighted by atomic mass is 10.1. The van der Waals surface area contributed by atoms with Gasteiger partial charge in [0.15, 0.2) is 3.92 Å². The van der Waals surface area contributed by atoms with Crippen LogP contribution in [-0.4, -0.2) is 17.3 Å². The number of methoxy groups -OCH3 is 1. The van der Waals surface area contributed by atoms with Gasteiger partial charge in [0, 0.05) is 5.56 Å². The second-order valence-corrected chi connectivity index (χ2v) is 5.75. The Kier molecular flexibility index (Phi) is 3.25. The number of aromatic nitrogens is 2. The second-order valence-electron chi connectivity index (χ2n) is 3.50. The minimum absolute atomic E-state index is 0.801. The summed E-state index contributed by atoms with van der Waals surface area (Å²) in [4.78, 5) is 0. The van der Waals surface area contributed by atoms with Crippen LogP contribution in [0.15, 0.2) is 16.0 Å². The first-order chi connectivity index (χ1) is 7.61. The van der Waals surface area contributed by atoms with Crippen molar-refractivity contribution in [1.82, 2.24) is 10.2 Å². The molecular weight excluding hydrogens is 288 g/mol. The van der Waals surface area contributed by atoms with Gasteiger partial charge in [0.1, 0.15) is 10.8 Å². The molecular formula is C11H11BrN2OS. The summed E-state index contributed by atoms with van der Waals surface area (Å²) in [7, 11) is 1.68. The zero-order valence-electron chi connectivity index (χ0n) is 9.24. The van der Waals surface area contributed by atoms with E-state index < -0.39 is 0 Å². The average molecular weight is 299 g/mol. The molecule has 2 rings (SSSR count). The van der Waals surface area contributed by atoms with Gasteiger partial charge in [0.2, 0.25) is 0 Å². The summed E-state index contributed by atoms with van der Waals surface area (Å²) in [5.41, 5.74) is 3.36. The molecule has 5 heteroatoms. The average Bonchev–Trinajstić information content (AvgIpc) is 2.67. The van der Waals surface area contributed by atoms with Crippen LogP contribution < -0.4 is 4.74 Å². The molecule has 0 atom stereocenters. The summed E-state index contributed by atoms with van der Waals surface area (Å²) < 4.78 is 6.08. The molecule has 0 N–H and O–H groups in total. The first kappa shape index (κ1) is 11.5. The van der Waals surface area contributed by atoms with Crippen LogP contribution in [0.5, 0.6) is 5.75 Å². The molecule has 0 saturated heterocycles. The third-order valence-electron chi connectivity index (χ3n) is 2.37. The van der Waals surface area contributed by atoms with Crippen molar-refractivity contribution in [2.45, 2.75) is 13.8 Å². The molecule has 0 aliphatic carbocycles. The van der Waals surface area contributed by atoms with Gasteiger partial charge in [0.25, 0.3) is 0 Å². The van der Waals surface area contributed by atoms with Crippen molar-refractivity contribution in [3.05, 3.63) is 27.2 Å². The minimum Gasteiger partial charge on any atom is -0.496 e. The summed E-state index contributed by atoms with van der Waals surface area (Å²) in [6, 6.07) is 4.11. The van der Waals surface area contributed by atoms with Crippen LogP contribution in [0, 0.1) is 13.8 Å². The van der Waals surface area contributed by atoms with Crippen LogP contribution in [0.3, 0.4) is 0 Å². The number of aryl methyl sites for hydroxylation is 2. The van der Waals surface area contributed by atoms with Crippen molar-refractivity contribution in [2.24, 2.45) is 0 Å². The summed E-state index contributed by atoms with van der Waals surface area (Å²) in [5.74, 6) is 0.907. The van der Waals surface area contributed by atoms with E-state index in [-0.39, 0.29) is 0 Å². The quantitative estimate of drug-likeness (QED) is 0.850. The summed E-state index contributed by atoms with van der Waals surface area (Å²) in [5, 5.41) is 9.01. The highest BCUT2D eigenvalue weighted by atomic mass is 79.9. The fourth-order valence-electron chi connectivity index (χ4n) is 1.55. The number of ether oxygens (including phenoxy) is 1. The number of halogens is 1. The van der Waals surface area contributed by atoms with Crippen LogP contribution in [0.1, 0.15) is 11.1 Å². The summed E-state index contributed by atoms with van der Waals surface area (Å²) in [6.45, 7) is 4.07. The lowest BCUT2D eigenvalue weighted by Gasteiger charge is -2.08. The maximum Gasteiger partial charge on any atom is 0.183 e. The van der Waals surface area contributed by atoms with Crippen molar-refractivity contribution in [1.29, 1.82) is 0 Å². The summed E-state index contributed by atoms with van der Waals surface area (Å²) >= 11 is 4.85. The predicted octanol–water partition coefficient (Wildman–Crippen LogP) is 3.59. The minimum atomic E-state index is 0.801. The molecule has 0 saturated carbocycles. The Morgan fingerprint density at radius 2 is 1.94 bits per heavy atom. The van der Waals surface area contributed by atoms with E-state index in [9.17, 15) is 0 Å². The Bertz CT molecular complexity index is 525. The van der Waals surface area contributed by atoms with Gasteiger partial charge < -0.3 is 4.74 Å². The summed E-state index contributed by atoms with van der Waals surface area (Å²) in [6.07, 6.45) is 0. The van der Waals surface area contributed by atoms with Crippen LogP contribution in [0.4, 0.5) is 0 Å². The van der Waals surface area contributed by atoms with Gasteiger partial charge in [-0.2, -0.15) is 0 Å². The molecule has 0 bridgehead atoms. The van der Waals surface area contributed by atoms with E-state index in [4.69, 9.17) is 4.74 Å². The molecule has 0 radical (unpaired) electrons. The van der Waals surface area contributed by atoms with E-state index in [2.05, 4.69) is 32.2 Å². The van der Waals surface area contributed by atoms with E-state index in [0.717, 1.165) is 31.4 Å². The van der Waals surface area contributed by atoms with Gasteiger partial charge in [-0.3, -0.25) is 0 Å². The van der Waals surface area contributed by atoms with E-state index in [1.807, 2.05) is 19.9 Å². The predicted molar refractivity (Wildman–Crippen MR) is 69.1 cm³/mol. The van der Waals surface area contributed by atoms with Crippen molar-refractivity contribution < 1.29 is 4.74 Å². The molecule has 0 aliphatic rings. The fraction of sp³-hybridized carbons (Fsp3) is 0.273. The molecule has 2 aromatic rings.